The molecule has 2 atom stereocenters. The minimum absolute atomic E-state index is 0.498. The van der Waals surface area contributed by atoms with Crippen LogP contribution in [-0.2, 0) is 9.59 Å². The summed E-state index contributed by atoms with van der Waals surface area (Å²) < 4.78 is 0. The number of carbonyl (C=O) groups is 2. The van der Waals surface area contributed by atoms with Crippen LogP contribution >= 0.6 is 0 Å². The van der Waals surface area contributed by atoms with Gasteiger partial charge in [0.25, 0.3) is 0 Å². The van der Waals surface area contributed by atoms with Crippen LogP contribution in [0.2, 0.25) is 0 Å². The Balaban J connectivity index is 5.28. The molecule has 0 aliphatic heterocycles. The van der Waals surface area contributed by atoms with Gasteiger partial charge in [0.15, 0.2) is 11.6 Å². The van der Waals surface area contributed by atoms with Gasteiger partial charge in [0.1, 0.15) is 12.1 Å². The van der Waals surface area contributed by atoms with Gasteiger partial charge in [0, 0.05) is 0 Å². The van der Waals surface area contributed by atoms with Crippen LogP contribution in [0.25, 0.3) is 0 Å². The van der Waals surface area contributed by atoms with Gasteiger partial charge in [-0.3, -0.25) is 9.59 Å². The van der Waals surface area contributed by atoms with Crippen LogP contribution < -0.4 is 0 Å². The van der Waals surface area contributed by atoms with Crippen LogP contribution in [0.3, 0.4) is 0 Å². The van der Waals surface area contributed by atoms with Crippen LogP contribution in [0, 0.1) is 22.7 Å². The van der Waals surface area contributed by atoms with E-state index < -0.39 is 22.6 Å². The first-order valence-electron chi connectivity index (χ1n) is 4.50. The summed E-state index contributed by atoms with van der Waals surface area (Å²) in [5, 5.41) is 24.6. The molecule has 0 aliphatic carbocycles. The van der Waals surface area contributed by atoms with Crippen molar-refractivity contribution in [1.29, 1.82) is 10.5 Å². The highest BCUT2D eigenvalue weighted by Crippen LogP contribution is 2.17. The van der Waals surface area contributed by atoms with Crippen LogP contribution in [0.4, 0.5) is 0 Å². The summed E-state index contributed by atoms with van der Waals surface area (Å²) >= 11 is 0. The Bertz CT molecular complexity index is 389. The van der Waals surface area contributed by atoms with E-state index in [0.29, 0.717) is 0 Å². The van der Waals surface area contributed by atoms with Gasteiger partial charge in [-0.25, -0.2) is 0 Å². The van der Waals surface area contributed by atoms with Gasteiger partial charge in [-0.2, -0.15) is 20.8 Å². The number of hydrogen-bond donors (Lipinski definition) is 0. The number of ketones is 2. The van der Waals surface area contributed by atoms with E-state index in [1.807, 2.05) is 0 Å². The first-order valence-corrected chi connectivity index (χ1v) is 4.50. The molecule has 2 unspecified atom stereocenters. The second-order valence-electron chi connectivity index (χ2n) is 3.68. The van der Waals surface area contributed by atoms with Gasteiger partial charge in [-0.05, 0) is 27.7 Å². The molecule has 0 rings (SSSR count). The van der Waals surface area contributed by atoms with E-state index >= 15 is 0 Å². The Morgan fingerprint density at radius 3 is 1.31 bits per heavy atom. The molecular formula is C10H12N4O2. The predicted molar refractivity (Wildman–Crippen MR) is 54.3 cm³/mol. The number of nitrogens with zero attached hydrogens (tertiary/aromatic N) is 4. The molecule has 0 amide bonds. The van der Waals surface area contributed by atoms with Crippen LogP contribution in [0.15, 0.2) is 10.2 Å². The third-order valence-corrected chi connectivity index (χ3v) is 2.26. The third-order valence-electron chi connectivity index (χ3n) is 2.26. The topological polar surface area (TPSA) is 106 Å². The molecule has 0 bridgehead atoms. The molecule has 0 aromatic heterocycles. The zero-order valence-corrected chi connectivity index (χ0v) is 9.61. The quantitative estimate of drug-likeness (QED) is 0.663. The van der Waals surface area contributed by atoms with Crippen molar-refractivity contribution >= 4 is 11.6 Å². The van der Waals surface area contributed by atoms with E-state index in [2.05, 4.69) is 10.2 Å². The van der Waals surface area contributed by atoms with Crippen molar-refractivity contribution in [1.82, 2.24) is 0 Å². The molecule has 0 aromatic rings. The SMILES string of the molecule is CC(=O)C(C)(C#N)N=NC(C)(C#N)C(C)=O. The van der Waals surface area contributed by atoms with Gasteiger partial charge in [-0.15, -0.1) is 0 Å². The third kappa shape index (κ3) is 2.71. The van der Waals surface area contributed by atoms with Crippen LogP contribution in [-0.4, -0.2) is 22.6 Å². The van der Waals surface area contributed by atoms with Gasteiger partial charge < -0.3 is 0 Å². The minimum atomic E-state index is -1.65. The standard InChI is InChI=1S/C10H12N4O2/c1-7(15)9(3,5-11)13-14-10(4,6-12)8(2)16/h1-4H3. The Labute approximate surface area is 93.6 Å². The molecule has 0 aromatic carbocycles. The molecule has 6 nitrogen and oxygen atoms in total. The zero-order chi connectivity index (χ0) is 13.0. The number of nitriles is 2. The maximum atomic E-state index is 11.1. The van der Waals surface area contributed by atoms with Gasteiger partial charge in [0.05, 0.1) is 0 Å². The van der Waals surface area contributed by atoms with Crippen molar-refractivity contribution in [2.75, 3.05) is 0 Å². The molecule has 0 saturated carbocycles. The Kier molecular flexibility index (Phi) is 4.02. The van der Waals surface area contributed by atoms with E-state index in [0.717, 1.165) is 0 Å². The van der Waals surface area contributed by atoms with Crippen molar-refractivity contribution < 1.29 is 9.59 Å². The van der Waals surface area contributed by atoms with Crippen molar-refractivity contribution in [3.05, 3.63) is 0 Å². The molecule has 84 valence electrons. The molecule has 0 saturated heterocycles. The summed E-state index contributed by atoms with van der Waals surface area (Å²) in [6.45, 7) is 4.94. The monoisotopic (exact) mass is 220 g/mol. The van der Waals surface area contributed by atoms with Crippen molar-refractivity contribution in [3.8, 4) is 12.1 Å². The van der Waals surface area contributed by atoms with E-state index in [1.165, 1.54) is 27.7 Å². The highest BCUT2D eigenvalue weighted by Gasteiger charge is 2.34. The fourth-order valence-corrected chi connectivity index (χ4v) is 0.543. The highest BCUT2D eigenvalue weighted by atomic mass is 16.1. The molecular weight excluding hydrogens is 208 g/mol. The lowest BCUT2D eigenvalue weighted by atomic mass is 10.00. The second kappa shape index (κ2) is 4.63. The minimum Gasteiger partial charge on any atom is -0.296 e. The lowest BCUT2D eigenvalue weighted by Gasteiger charge is -2.14. The van der Waals surface area contributed by atoms with E-state index in [1.54, 1.807) is 12.1 Å². The summed E-state index contributed by atoms with van der Waals surface area (Å²) in [4.78, 5) is 22.3. The van der Waals surface area contributed by atoms with Gasteiger partial charge >= 0.3 is 0 Å². The summed E-state index contributed by atoms with van der Waals surface area (Å²) in [6.07, 6.45) is 0. The second-order valence-corrected chi connectivity index (χ2v) is 3.68. The van der Waals surface area contributed by atoms with Crippen LogP contribution in [0.5, 0.6) is 0 Å². The molecule has 6 heteroatoms. The molecule has 0 radical (unpaired) electrons. The Hall–Kier alpha value is -2.08. The van der Waals surface area contributed by atoms with E-state index in [4.69, 9.17) is 10.5 Å². The number of carbonyl (C=O) groups excluding carboxylic acids is 2. The molecule has 0 aliphatic rings. The van der Waals surface area contributed by atoms with E-state index in [-0.39, 0.29) is 0 Å². The normalized spacial score (nSPS) is 17.9. The average Bonchev–Trinajstić information content (AvgIpc) is 2.24. The average molecular weight is 220 g/mol. The fourth-order valence-electron chi connectivity index (χ4n) is 0.543. The first kappa shape index (κ1) is 13.9. The van der Waals surface area contributed by atoms with Crippen molar-refractivity contribution in [3.63, 3.8) is 0 Å². The number of rotatable bonds is 4. The summed E-state index contributed by atoms with van der Waals surface area (Å²) in [5.41, 5.74) is -3.29. The van der Waals surface area contributed by atoms with Gasteiger partial charge in [-0.1, -0.05) is 0 Å². The van der Waals surface area contributed by atoms with Crippen molar-refractivity contribution in [2.24, 2.45) is 10.2 Å². The smallest absolute Gasteiger partial charge is 0.221 e. The maximum absolute atomic E-state index is 11.1. The maximum Gasteiger partial charge on any atom is 0.221 e. The summed E-state index contributed by atoms with van der Waals surface area (Å²) in [6, 6.07) is 3.37. The number of hydrogen-bond acceptors (Lipinski definition) is 6. The molecule has 0 N–H and O–H groups in total. The highest BCUT2D eigenvalue weighted by molar-refractivity contribution is 5.90. The summed E-state index contributed by atoms with van der Waals surface area (Å²) in [5.74, 6) is -0.995. The van der Waals surface area contributed by atoms with Crippen molar-refractivity contribution in [2.45, 2.75) is 38.8 Å². The fraction of sp³-hybridized carbons (Fsp3) is 0.600. The molecule has 16 heavy (non-hydrogen) atoms. The molecule has 0 fully saturated rings. The zero-order valence-electron chi connectivity index (χ0n) is 9.61. The van der Waals surface area contributed by atoms with E-state index in [9.17, 15) is 9.59 Å². The lowest BCUT2D eigenvalue weighted by molar-refractivity contribution is -0.121. The first-order chi connectivity index (χ1) is 7.22. The summed E-state index contributed by atoms with van der Waals surface area (Å²) in [7, 11) is 0. The molecule has 0 spiro atoms. The predicted octanol–water partition coefficient (Wildman–Crippen LogP) is 1.18. The van der Waals surface area contributed by atoms with Crippen LogP contribution in [0.1, 0.15) is 27.7 Å². The number of Topliss-reactive ketones (excluding diaryl/α,β-unsaturated/α-hetero) is 2. The lowest BCUT2D eigenvalue weighted by Crippen LogP contribution is -2.33. The largest absolute Gasteiger partial charge is 0.296 e. The van der Waals surface area contributed by atoms with Gasteiger partial charge in [0.2, 0.25) is 11.1 Å². The molecule has 0 heterocycles. The Morgan fingerprint density at radius 2 is 1.19 bits per heavy atom. The number of azo groups is 1. The Morgan fingerprint density at radius 1 is 0.938 bits per heavy atom.